The number of carbonyl (C=O) groups excluding carboxylic acids is 1. The summed E-state index contributed by atoms with van der Waals surface area (Å²) in [5.74, 6) is 0.697. The highest BCUT2D eigenvalue weighted by molar-refractivity contribution is 9.11. The molecule has 0 unspecified atom stereocenters. The minimum atomic E-state index is 0.0278. The van der Waals surface area contributed by atoms with Gasteiger partial charge in [0.15, 0.2) is 0 Å². The van der Waals surface area contributed by atoms with E-state index in [0.717, 1.165) is 14.2 Å². The third kappa shape index (κ3) is 1.92. The predicted octanol–water partition coefficient (Wildman–Crippen LogP) is 3.95. The fourth-order valence-corrected chi connectivity index (χ4v) is 2.81. The Morgan fingerprint density at radius 1 is 1.47 bits per heavy atom. The van der Waals surface area contributed by atoms with Crippen LogP contribution < -0.4 is 0 Å². The molecule has 0 amide bonds. The summed E-state index contributed by atoms with van der Waals surface area (Å²) in [4.78, 5) is 12.8. The summed E-state index contributed by atoms with van der Waals surface area (Å²) in [6, 6.07) is 3.60. The highest BCUT2D eigenvalue weighted by Crippen LogP contribution is 2.29. The summed E-state index contributed by atoms with van der Waals surface area (Å²) < 4.78 is 6.12. The second kappa shape index (κ2) is 3.94. The van der Waals surface area contributed by atoms with Crippen LogP contribution in [0.4, 0.5) is 0 Å². The average Bonchev–Trinajstić information content (AvgIpc) is 2.74. The number of furan rings is 1. The molecule has 2 aromatic rings. The van der Waals surface area contributed by atoms with Crippen molar-refractivity contribution >= 4 is 33.0 Å². The number of aryl methyl sites for hydroxylation is 2. The highest BCUT2D eigenvalue weighted by Gasteiger charge is 2.16. The lowest BCUT2D eigenvalue weighted by atomic mass is 10.1. The van der Waals surface area contributed by atoms with E-state index in [4.69, 9.17) is 4.42 Å². The molecule has 0 aromatic carbocycles. The van der Waals surface area contributed by atoms with Gasteiger partial charge < -0.3 is 4.42 Å². The van der Waals surface area contributed by atoms with E-state index in [2.05, 4.69) is 15.9 Å². The number of thiophene rings is 1. The van der Waals surface area contributed by atoms with Crippen molar-refractivity contribution in [2.75, 3.05) is 0 Å². The largest absolute Gasteiger partial charge is 0.469 e. The molecule has 0 radical (unpaired) electrons. The lowest BCUT2D eigenvalue weighted by Gasteiger charge is -1.93. The highest BCUT2D eigenvalue weighted by atomic mass is 79.9. The molecule has 2 rings (SSSR count). The minimum absolute atomic E-state index is 0.0278. The second-order valence-corrected chi connectivity index (χ2v) is 5.66. The van der Waals surface area contributed by atoms with E-state index >= 15 is 0 Å². The van der Waals surface area contributed by atoms with Crippen LogP contribution in [0.3, 0.4) is 0 Å². The van der Waals surface area contributed by atoms with Crippen molar-refractivity contribution in [3.05, 3.63) is 43.9 Å². The number of hydrogen-bond donors (Lipinski definition) is 0. The second-order valence-electron chi connectivity index (χ2n) is 3.29. The van der Waals surface area contributed by atoms with Crippen molar-refractivity contribution in [2.45, 2.75) is 13.8 Å². The molecule has 0 aliphatic carbocycles. The first-order valence-corrected chi connectivity index (χ1v) is 6.05. The molecule has 0 atom stereocenters. The molecule has 0 aliphatic heterocycles. The van der Waals surface area contributed by atoms with E-state index in [1.165, 1.54) is 17.6 Å². The summed E-state index contributed by atoms with van der Waals surface area (Å²) in [5.41, 5.74) is 1.73. The number of hydrogen-bond acceptors (Lipinski definition) is 3. The lowest BCUT2D eigenvalue weighted by molar-refractivity contribution is 0.104. The third-order valence-corrected chi connectivity index (χ3v) is 4.32. The Balaban J connectivity index is 2.41. The maximum atomic E-state index is 12.0. The van der Waals surface area contributed by atoms with Gasteiger partial charge in [-0.05, 0) is 47.5 Å². The van der Waals surface area contributed by atoms with Crippen LogP contribution in [0, 0.1) is 13.8 Å². The summed E-state index contributed by atoms with van der Waals surface area (Å²) in [5, 5.41) is 0. The van der Waals surface area contributed by atoms with Gasteiger partial charge in [-0.3, -0.25) is 4.79 Å². The molecule has 2 nitrogen and oxygen atoms in total. The molecule has 0 spiro atoms. The standard InChI is InChI=1S/C11H9BrO2S/c1-6-5-9(15-11(6)12)10(13)8-3-4-14-7(8)2/h3-5H,1-2H3. The van der Waals surface area contributed by atoms with E-state index in [-0.39, 0.29) is 5.78 Å². The van der Waals surface area contributed by atoms with Crippen LogP contribution >= 0.6 is 27.3 Å². The Morgan fingerprint density at radius 3 is 2.67 bits per heavy atom. The Labute approximate surface area is 100 Å². The van der Waals surface area contributed by atoms with Gasteiger partial charge >= 0.3 is 0 Å². The molecular weight excluding hydrogens is 276 g/mol. The van der Waals surface area contributed by atoms with Gasteiger partial charge in [-0.1, -0.05) is 0 Å². The van der Waals surface area contributed by atoms with Crippen LogP contribution in [0.2, 0.25) is 0 Å². The van der Waals surface area contributed by atoms with E-state index in [0.29, 0.717) is 11.3 Å². The van der Waals surface area contributed by atoms with Crippen molar-refractivity contribution in [2.24, 2.45) is 0 Å². The Kier molecular flexibility index (Phi) is 2.80. The van der Waals surface area contributed by atoms with E-state index in [9.17, 15) is 4.79 Å². The quantitative estimate of drug-likeness (QED) is 0.782. The topological polar surface area (TPSA) is 30.2 Å². The Morgan fingerprint density at radius 2 is 2.20 bits per heavy atom. The Bertz CT molecular complexity index is 491. The van der Waals surface area contributed by atoms with Gasteiger partial charge in [0.05, 0.1) is 20.5 Å². The van der Waals surface area contributed by atoms with Crippen molar-refractivity contribution in [3.8, 4) is 0 Å². The maximum absolute atomic E-state index is 12.0. The van der Waals surface area contributed by atoms with Crippen molar-refractivity contribution in [1.29, 1.82) is 0 Å². The maximum Gasteiger partial charge on any atom is 0.206 e. The summed E-state index contributed by atoms with van der Waals surface area (Å²) in [7, 11) is 0. The zero-order valence-corrected chi connectivity index (χ0v) is 10.7. The zero-order valence-electron chi connectivity index (χ0n) is 8.33. The van der Waals surface area contributed by atoms with Gasteiger partial charge in [0.2, 0.25) is 5.78 Å². The number of ketones is 1. The fraction of sp³-hybridized carbons (Fsp3) is 0.182. The molecule has 2 heterocycles. The van der Waals surface area contributed by atoms with Crippen LogP contribution in [0.25, 0.3) is 0 Å². The summed E-state index contributed by atoms with van der Waals surface area (Å²) in [6.07, 6.45) is 1.54. The lowest BCUT2D eigenvalue weighted by Crippen LogP contribution is -1.98. The molecule has 0 saturated carbocycles. The van der Waals surface area contributed by atoms with Crippen LogP contribution in [0.1, 0.15) is 26.6 Å². The molecule has 2 aromatic heterocycles. The van der Waals surface area contributed by atoms with Gasteiger partial charge in [-0.15, -0.1) is 11.3 Å². The van der Waals surface area contributed by atoms with Crippen molar-refractivity contribution < 1.29 is 9.21 Å². The van der Waals surface area contributed by atoms with Crippen LogP contribution in [0.5, 0.6) is 0 Å². The normalized spacial score (nSPS) is 10.6. The van der Waals surface area contributed by atoms with Gasteiger partial charge in [-0.2, -0.15) is 0 Å². The molecule has 0 saturated heterocycles. The van der Waals surface area contributed by atoms with E-state index < -0.39 is 0 Å². The van der Waals surface area contributed by atoms with Gasteiger partial charge in [0.1, 0.15) is 5.76 Å². The molecule has 0 aliphatic rings. The average molecular weight is 285 g/mol. The summed E-state index contributed by atoms with van der Waals surface area (Å²) in [6.45, 7) is 3.77. The smallest absolute Gasteiger partial charge is 0.206 e. The van der Waals surface area contributed by atoms with E-state index in [1.807, 2.05) is 13.0 Å². The molecule has 78 valence electrons. The molecule has 15 heavy (non-hydrogen) atoms. The first kappa shape index (κ1) is 10.6. The summed E-state index contributed by atoms with van der Waals surface area (Å²) >= 11 is 4.86. The molecule has 0 N–H and O–H groups in total. The van der Waals surface area contributed by atoms with Crippen LogP contribution in [-0.4, -0.2) is 5.78 Å². The van der Waals surface area contributed by atoms with Crippen molar-refractivity contribution in [1.82, 2.24) is 0 Å². The van der Waals surface area contributed by atoms with E-state index in [1.54, 1.807) is 13.0 Å². The van der Waals surface area contributed by atoms with Gasteiger partial charge in [0, 0.05) is 0 Å². The fourth-order valence-electron chi connectivity index (χ4n) is 1.33. The SMILES string of the molecule is Cc1cc(C(=O)c2ccoc2C)sc1Br. The van der Waals surface area contributed by atoms with Crippen LogP contribution in [-0.2, 0) is 0 Å². The van der Waals surface area contributed by atoms with Gasteiger partial charge in [0.25, 0.3) is 0 Å². The van der Waals surface area contributed by atoms with Crippen molar-refractivity contribution in [3.63, 3.8) is 0 Å². The molecular formula is C11H9BrO2S. The first-order chi connectivity index (χ1) is 7.09. The molecule has 4 heteroatoms. The first-order valence-electron chi connectivity index (χ1n) is 4.44. The minimum Gasteiger partial charge on any atom is -0.469 e. The zero-order chi connectivity index (χ0) is 11.0. The van der Waals surface area contributed by atoms with Gasteiger partial charge in [-0.25, -0.2) is 0 Å². The monoisotopic (exact) mass is 284 g/mol. The van der Waals surface area contributed by atoms with Crippen LogP contribution in [0.15, 0.2) is 26.6 Å². The predicted molar refractivity (Wildman–Crippen MR) is 63.6 cm³/mol. The number of carbonyl (C=O) groups is 1. The molecule has 0 bridgehead atoms. The third-order valence-electron chi connectivity index (χ3n) is 2.18. The number of rotatable bonds is 2. The molecule has 0 fully saturated rings. The number of halogens is 1. The Hall–Kier alpha value is -0.870.